The third-order valence-electron chi connectivity index (χ3n) is 6.44. The summed E-state index contributed by atoms with van der Waals surface area (Å²) in [7, 11) is 1.76. The molecule has 33 heavy (non-hydrogen) atoms. The fraction of sp³-hybridized carbons (Fsp3) is 0.154. The lowest BCUT2D eigenvalue weighted by atomic mass is 9.79. The number of carbonyl (C=O) groups is 2. The van der Waals surface area contributed by atoms with Crippen LogP contribution in [0, 0.1) is 0 Å². The molecule has 164 valence electrons. The molecule has 3 heterocycles. The molecule has 0 fully saturated rings. The number of nitrogens with zero attached hydrogens (tertiary/aromatic N) is 1. The summed E-state index contributed by atoms with van der Waals surface area (Å²) >= 11 is 0. The molecule has 7 nitrogen and oxygen atoms in total. The molecule has 2 aliphatic rings. The number of benzene rings is 3. The van der Waals surface area contributed by atoms with Gasteiger partial charge in [-0.15, -0.1) is 0 Å². The summed E-state index contributed by atoms with van der Waals surface area (Å²) in [6, 6.07) is 20.1. The van der Waals surface area contributed by atoms with Crippen molar-refractivity contribution >= 4 is 28.4 Å². The average molecular weight is 439 g/mol. The molecule has 4 aromatic rings. The molecule has 2 N–H and O–H groups in total. The molecule has 0 radical (unpaired) electrons. The van der Waals surface area contributed by atoms with Crippen molar-refractivity contribution in [3.05, 3.63) is 89.6 Å². The first kappa shape index (κ1) is 19.4. The molecule has 7 heteroatoms. The number of amides is 2. The molecule has 0 saturated heterocycles. The number of hydrogen-bond donors (Lipinski definition) is 2. The zero-order valence-corrected chi connectivity index (χ0v) is 17.9. The van der Waals surface area contributed by atoms with E-state index in [1.165, 1.54) is 0 Å². The van der Waals surface area contributed by atoms with Gasteiger partial charge < -0.3 is 24.7 Å². The Bertz CT molecular complexity index is 1410. The van der Waals surface area contributed by atoms with Gasteiger partial charge in [-0.2, -0.15) is 0 Å². The Labute approximate surface area is 189 Å². The van der Waals surface area contributed by atoms with E-state index in [1.807, 2.05) is 48.7 Å². The lowest BCUT2D eigenvalue weighted by Gasteiger charge is -2.39. The van der Waals surface area contributed by atoms with E-state index < -0.39 is 12.0 Å². The van der Waals surface area contributed by atoms with Crippen LogP contribution < -0.4 is 14.8 Å². The zero-order valence-electron chi connectivity index (χ0n) is 17.9. The smallest absolute Gasteiger partial charge is 0.254 e. The molecule has 3 aromatic carbocycles. The molecule has 0 saturated carbocycles. The Morgan fingerprint density at radius 1 is 1.00 bits per heavy atom. The number of hydrogen-bond acceptors (Lipinski definition) is 4. The van der Waals surface area contributed by atoms with Gasteiger partial charge in [0, 0.05) is 47.0 Å². The summed E-state index contributed by atoms with van der Waals surface area (Å²) in [6.07, 6.45) is 1.90. The van der Waals surface area contributed by atoms with Gasteiger partial charge in [-0.3, -0.25) is 9.59 Å². The van der Waals surface area contributed by atoms with E-state index in [0.29, 0.717) is 28.3 Å². The standard InChI is InChI=1S/C26H21N3O4/c1-29-24(19-13-27-20-9-5-4-6-16(19)20)23(17-7-2-3-8-18(17)26(29)31)25(30)28-15-10-11-21-22(12-15)33-14-32-21/h2-13,23-24,27H,14H2,1H3,(H,28,30). The van der Waals surface area contributed by atoms with Gasteiger partial charge in [-0.05, 0) is 29.8 Å². The molecule has 2 aliphatic heterocycles. The number of aromatic nitrogens is 1. The van der Waals surface area contributed by atoms with E-state index >= 15 is 0 Å². The number of carbonyl (C=O) groups excluding carboxylic acids is 2. The van der Waals surface area contributed by atoms with Crippen LogP contribution in [0.3, 0.4) is 0 Å². The summed E-state index contributed by atoms with van der Waals surface area (Å²) in [4.78, 5) is 32.0. The first-order valence-electron chi connectivity index (χ1n) is 10.7. The number of likely N-dealkylation sites (N-methyl/N-ethyl adjacent to an activating group) is 1. The number of para-hydroxylation sites is 1. The zero-order chi connectivity index (χ0) is 22.5. The molecule has 6 rings (SSSR count). The predicted octanol–water partition coefficient (Wildman–Crippen LogP) is 4.45. The summed E-state index contributed by atoms with van der Waals surface area (Å²) < 4.78 is 10.8. The van der Waals surface area contributed by atoms with Crippen LogP contribution >= 0.6 is 0 Å². The second kappa shape index (κ2) is 7.41. The van der Waals surface area contributed by atoms with Crippen molar-refractivity contribution in [1.29, 1.82) is 0 Å². The number of nitrogens with one attached hydrogen (secondary N) is 2. The molecule has 2 unspecified atom stereocenters. The van der Waals surface area contributed by atoms with Crippen LogP contribution in [0.1, 0.15) is 33.4 Å². The summed E-state index contributed by atoms with van der Waals surface area (Å²) in [5.41, 5.74) is 3.74. The highest BCUT2D eigenvalue weighted by atomic mass is 16.7. The Balaban J connectivity index is 1.46. The molecule has 2 amide bonds. The van der Waals surface area contributed by atoms with Gasteiger partial charge in [0.05, 0.1) is 12.0 Å². The van der Waals surface area contributed by atoms with Gasteiger partial charge in [-0.25, -0.2) is 0 Å². The number of rotatable bonds is 3. The third-order valence-corrected chi connectivity index (χ3v) is 6.44. The minimum absolute atomic E-state index is 0.104. The molecule has 0 spiro atoms. The first-order valence-corrected chi connectivity index (χ1v) is 10.7. The van der Waals surface area contributed by atoms with Gasteiger partial charge >= 0.3 is 0 Å². The topological polar surface area (TPSA) is 83.7 Å². The Morgan fingerprint density at radius 2 is 1.79 bits per heavy atom. The van der Waals surface area contributed by atoms with Gasteiger partial charge in [0.15, 0.2) is 11.5 Å². The van der Waals surface area contributed by atoms with Crippen molar-refractivity contribution in [2.45, 2.75) is 12.0 Å². The van der Waals surface area contributed by atoms with Crippen LogP contribution in [0.25, 0.3) is 10.9 Å². The number of anilines is 1. The third kappa shape index (κ3) is 3.04. The average Bonchev–Trinajstić information content (AvgIpc) is 3.48. The van der Waals surface area contributed by atoms with Crippen LogP contribution in [-0.2, 0) is 4.79 Å². The second-order valence-electron chi connectivity index (χ2n) is 8.27. The van der Waals surface area contributed by atoms with Gasteiger partial charge in [-0.1, -0.05) is 36.4 Å². The number of H-pyrrole nitrogens is 1. The van der Waals surface area contributed by atoms with Crippen LogP contribution in [-0.4, -0.2) is 35.5 Å². The van der Waals surface area contributed by atoms with E-state index in [-0.39, 0.29) is 18.6 Å². The fourth-order valence-electron chi connectivity index (χ4n) is 4.88. The van der Waals surface area contributed by atoms with Gasteiger partial charge in [0.1, 0.15) is 0 Å². The molecular formula is C26H21N3O4. The lowest BCUT2D eigenvalue weighted by Crippen LogP contribution is -2.44. The molecule has 2 atom stereocenters. The SMILES string of the molecule is CN1C(=O)c2ccccc2C(C(=O)Nc2ccc3c(c2)OCO3)C1c1c[nH]c2ccccc12. The number of fused-ring (bicyclic) bond motifs is 3. The van der Waals surface area contributed by atoms with E-state index in [9.17, 15) is 9.59 Å². The largest absolute Gasteiger partial charge is 0.454 e. The van der Waals surface area contributed by atoms with Crippen LogP contribution in [0.2, 0.25) is 0 Å². The van der Waals surface area contributed by atoms with E-state index in [0.717, 1.165) is 16.5 Å². The highest BCUT2D eigenvalue weighted by Crippen LogP contribution is 2.44. The second-order valence-corrected chi connectivity index (χ2v) is 8.27. The number of aromatic amines is 1. The quantitative estimate of drug-likeness (QED) is 0.494. The van der Waals surface area contributed by atoms with Gasteiger partial charge in [0.2, 0.25) is 12.7 Å². The lowest BCUT2D eigenvalue weighted by molar-refractivity contribution is -0.119. The first-order chi connectivity index (χ1) is 16.1. The van der Waals surface area contributed by atoms with Crippen LogP contribution in [0.15, 0.2) is 72.9 Å². The highest BCUT2D eigenvalue weighted by Gasteiger charge is 2.43. The number of ether oxygens (including phenoxy) is 2. The van der Waals surface area contributed by atoms with Crippen molar-refractivity contribution in [3.8, 4) is 11.5 Å². The summed E-state index contributed by atoms with van der Waals surface area (Å²) in [5.74, 6) is 0.341. The maximum absolute atomic E-state index is 13.8. The van der Waals surface area contributed by atoms with Gasteiger partial charge in [0.25, 0.3) is 5.91 Å². The highest BCUT2D eigenvalue weighted by molar-refractivity contribution is 6.05. The van der Waals surface area contributed by atoms with Crippen molar-refractivity contribution in [1.82, 2.24) is 9.88 Å². The molecule has 0 aliphatic carbocycles. The maximum Gasteiger partial charge on any atom is 0.254 e. The Kier molecular flexibility index (Phi) is 4.36. The van der Waals surface area contributed by atoms with Crippen LogP contribution in [0.4, 0.5) is 5.69 Å². The van der Waals surface area contributed by atoms with Crippen molar-refractivity contribution < 1.29 is 19.1 Å². The van der Waals surface area contributed by atoms with Crippen molar-refractivity contribution in [2.75, 3.05) is 19.2 Å². The van der Waals surface area contributed by atoms with Crippen molar-refractivity contribution in [3.63, 3.8) is 0 Å². The summed E-state index contributed by atoms with van der Waals surface area (Å²) in [6.45, 7) is 0.165. The normalized spacial score (nSPS) is 18.9. The van der Waals surface area contributed by atoms with Crippen LogP contribution in [0.5, 0.6) is 11.5 Å². The molecule has 0 bridgehead atoms. The van der Waals surface area contributed by atoms with Crippen molar-refractivity contribution in [2.24, 2.45) is 0 Å². The minimum Gasteiger partial charge on any atom is -0.454 e. The fourth-order valence-corrected chi connectivity index (χ4v) is 4.88. The maximum atomic E-state index is 13.8. The Hall–Kier alpha value is -4.26. The van der Waals surface area contributed by atoms with E-state index in [4.69, 9.17) is 9.47 Å². The Morgan fingerprint density at radius 3 is 2.70 bits per heavy atom. The molecular weight excluding hydrogens is 418 g/mol. The van der Waals surface area contributed by atoms with E-state index in [2.05, 4.69) is 10.3 Å². The summed E-state index contributed by atoms with van der Waals surface area (Å²) in [5, 5.41) is 4.02. The monoisotopic (exact) mass is 439 g/mol. The van der Waals surface area contributed by atoms with E-state index in [1.54, 1.807) is 36.2 Å². The molecule has 1 aromatic heterocycles. The predicted molar refractivity (Wildman–Crippen MR) is 124 cm³/mol. The minimum atomic E-state index is -0.603.